The predicted molar refractivity (Wildman–Crippen MR) is 90.5 cm³/mol. The van der Waals surface area contributed by atoms with Crippen LogP contribution in [0.5, 0.6) is 17.2 Å². The Labute approximate surface area is 138 Å². The molecule has 0 atom stereocenters. The van der Waals surface area contributed by atoms with Gasteiger partial charge in [-0.2, -0.15) is 0 Å². The molecule has 0 saturated carbocycles. The van der Waals surface area contributed by atoms with Crippen LogP contribution in [0.3, 0.4) is 0 Å². The molecule has 0 unspecified atom stereocenters. The van der Waals surface area contributed by atoms with Crippen LogP contribution in [-0.4, -0.2) is 37.8 Å². The van der Waals surface area contributed by atoms with Gasteiger partial charge in [0.05, 0.1) is 19.8 Å². The van der Waals surface area contributed by atoms with Crippen LogP contribution < -0.4 is 25.3 Å². The van der Waals surface area contributed by atoms with Gasteiger partial charge in [0.1, 0.15) is 0 Å². The summed E-state index contributed by atoms with van der Waals surface area (Å²) in [6.07, 6.45) is 0. The third-order valence-corrected chi connectivity index (χ3v) is 3.13. The minimum Gasteiger partial charge on any atom is -0.490 e. The highest BCUT2D eigenvalue weighted by molar-refractivity contribution is 5.96. The Bertz CT molecular complexity index is 502. The van der Waals surface area contributed by atoms with Crippen LogP contribution in [-0.2, 0) is 0 Å². The van der Waals surface area contributed by atoms with Gasteiger partial charge in [-0.15, -0.1) is 0 Å². The quantitative estimate of drug-likeness (QED) is 0.728. The number of nitrogens with two attached hydrogens (primary N) is 1. The van der Waals surface area contributed by atoms with E-state index in [1.165, 1.54) is 0 Å². The summed E-state index contributed by atoms with van der Waals surface area (Å²) in [6.45, 7) is 11.1. The molecule has 0 spiro atoms. The Kier molecular flexibility index (Phi) is 7.16. The van der Waals surface area contributed by atoms with Crippen molar-refractivity contribution in [2.24, 2.45) is 5.73 Å². The molecule has 0 aliphatic carbocycles. The number of carbonyl (C=O) groups excluding carboxylic acids is 1. The molecular formula is C17H28N2O4. The summed E-state index contributed by atoms with van der Waals surface area (Å²) in [6, 6.07) is 3.33. The maximum Gasteiger partial charge on any atom is 0.252 e. The molecule has 0 aliphatic heterocycles. The zero-order chi connectivity index (χ0) is 17.5. The molecule has 1 amide bonds. The summed E-state index contributed by atoms with van der Waals surface area (Å²) in [4.78, 5) is 12.5. The fourth-order valence-corrected chi connectivity index (χ4v) is 1.95. The first-order valence-electron chi connectivity index (χ1n) is 7.97. The molecule has 0 heterocycles. The normalized spacial score (nSPS) is 11.0. The van der Waals surface area contributed by atoms with Gasteiger partial charge in [-0.3, -0.25) is 4.79 Å². The summed E-state index contributed by atoms with van der Waals surface area (Å²) in [5.74, 6) is 1.28. The lowest BCUT2D eigenvalue weighted by Crippen LogP contribution is -2.48. The van der Waals surface area contributed by atoms with Crippen molar-refractivity contribution in [2.75, 3.05) is 26.4 Å². The number of amides is 1. The topological polar surface area (TPSA) is 82.8 Å². The molecule has 0 radical (unpaired) electrons. The van der Waals surface area contributed by atoms with E-state index in [4.69, 9.17) is 19.9 Å². The van der Waals surface area contributed by atoms with Crippen LogP contribution in [0, 0.1) is 0 Å². The predicted octanol–water partition coefficient (Wildman–Crippen LogP) is 2.35. The third-order valence-electron chi connectivity index (χ3n) is 3.13. The highest BCUT2D eigenvalue weighted by Crippen LogP contribution is 2.39. The number of nitrogens with one attached hydrogen (secondary N) is 1. The molecule has 1 aromatic carbocycles. The van der Waals surface area contributed by atoms with E-state index in [0.717, 1.165) is 0 Å². The van der Waals surface area contributed by atoms with Crippen molar-refractivity contribution < 1.29 is 19.0 Å². The van der Waals surface area contributed by atoms with Gasteiger partial charge in [-0.1, -0.05) is 0 Å². The summed E-state index contributed by atoms with van der Waals surface area (Å²) in [5, 5.41) is 2.90. The molecule has 6 heteroatoms. The first-order chi connectivity index (χ1) is 10.9. The maximum absolute atomic E-state index is 12.5. The minimum atomic E-state index is -0.493. The van der Waals surface area contributed by atoms with Crippen molar-refractivity contribution in [3.63, 3.8) is 0 Å². The molecule has 0 saturated heterocycles. The van der Waals surface area contributed by atoms with Gasteiger partial charge < -0.3 is 25.3 Å². The van der Waals surface area contributed by atoms with Gasteiger partial charge in [-0.05, 0) is 46.8 Å². The van der Waals surface area contributed by atoms with Crippen LogP contribution in [0.2, 0.25) is 0 Å². The van der Waals surface area contributed by atoms with Crippen LogP contribution >= 0.6 is 0 Å². The van der Waals surface area contributed by atoms with Crippen molar-refractivity contribution in [1.29, 1.82) is 0 Å². The first kappa shape index (κ1) is 19.1. The van der Waals surface area contributed by atoms with Gasteiger partial charge >= 0.3 is 0 Å². The van der Waals surface area contributed by atoms with Gasteiger partial charge in [0.2, 0.25) is 5.75 Å². The average molecular weight is 324 g/mol. The number of hydrogen-bond acceptors (Lipinski definition) is 5. The lowest BCUT2D eigenvalue weighted by Gasteiger charge is -2.25. The average Bonchev–Trinajstić information content (AvgIpc) is 2.50. The number of hydrogen-bond donors (Lipinski definition) is 2. The van der Waals surface area contributed by atoms with E-state index < -0.39 is 5.54 Å². The molecule has 0 aromatic heterocycles. The van der Waals surface area contributed by atoms with E-state index in [1.807, 2.05) is 34.6 Å². The Morgan fingerprint density at radius 3 is 1.91 bits per heavy atom. The first-order valence-corrected chi connectivity index (χ1v) is 7.97. The Morgan fingerprint density at radius 2 is 1.52 bits per heavy atom. The molecule has 0 bridgehead atoms. The fourth-order valence-electron chi connectivity index (χ4n) is 1.95. The van der Waals surface area contributed by atoms with E-state index in [9.17, 15) is 4.79 Å². The van der Waals surface area contributed by atoms with Gasteiger partial charge in [-0.25, -0.2) is 0 Å². The lowest BCUT2D eigenvalue weighted by atomic mass is 10.0. The van der Waals surface area contributed by atoms with E-state index in [2.05, 4.69) is 5.32 Å². The number of carbonyl (C=O) groups is 1. The van der Waals surface area contributed by atoms with Crippen molar-refractivity contribution in [3.05, 3.63) is 17.7 Å². The minimum absolute atomic E-state index is 0.231. The van der Waals surface area contributed by atoms with Gasteiger partial charge in [0.25, 0.3) is 5.91 Å². The van der Waals surface area contributed by atoms with Gasteiger partial charge in [0.15, 0.2) is 11.5 Å². The molecule has 3 N–H and O–H groups in total. The lowest BCUT2D eigenvalue weighted by molar-refractivity contribution is 0.0914. The van der Waals surface area contributed by atoms with E-state index in [-0.39, 0.29) is 5.91 Å². The van der Waals surface area contributed by atoms with Crippen molar-refractivity contribution in [1.82, 2.24) is 5.32 Å². The maximum atomic E-state index is 12.5. The van der Waals surface area contributed by atoms with Crippen molar-refractivity contribution in [3.8, 4) is 17.2 Å². The standard InChI is InChI=1S/C17H28N2O4/c1-6-21-13-9-12(16(20)19-17(4,5)11-18)10-14(22-7-2)15(13)23-8-3/h9-10H,6-8,11,18H2,1-5H3,(H,19,20). The zero-order valence-corrected chi connectivity index (χ0v) is 14.7. The summed E-state index contributed by atoms with van der Waals surface area (Å²) >= 11 is 0. The third kappa shape index (κ3) is 5.32. The molecule has 0 aliphatic rings. The number of rotatable bonds is 9. The molecule has 1 aromatic rings. The molecular weight excluding hydrogens is 296 g/mol. The molecule has 1 rings (SSSR count). The zero-order valence-electron chi connectivity index (χ0n) is 14.7. The monoisotopic (exact) mass is 324 g/mol. The highest BCUT2D eigenvalue weighted by Gasteiger charge is 2.22. The Balaban J connectivity index is 3.24. The van der Waals surface area contributed by atoms with Crippen LogP contribution in [0.25, 0.3) is 0 Å². The van der Waals surface area contributed by atoms with E-state index >= 15 is 0 Å². The SMILES string of the molecule is CCOc1cc(C(=O)NC(C)(C)CN)cc(OCC)c1OCC. The Hall–Kier alpha value is -1.95. The molecule has 23 heavy (non-hydrogen) atoms. The van der Waals surface area contributed by atoms with E-state index in [1.54, 1.807) is 12.1 Å². The largest absolute Gasteiger partial charge is 0.490 e. The van der Waals surface area contributed by atoms with E-state index in [0.29, 0.717) is 49.2 Å². The second-order valence-electron chi connectivity index (χ2n) is 5.64. The smallest absolute Gasteiger partial charge is 0.252 e. The van der Waals surface area contributed by atoms with Crippen molar-refractivity contribution in [2.45, 2.75) is 40.2 Å². The molecule has 0 fully saturated rings. The summed E-state index contributed by atoms with van der Waals surface area (Å²) in [5.41, 5.74) is 5.62. The van der Waals surface area contributed by atoms with Crippen molar-refractivity contribution >= 4 is 5.91 Å². The highest BCUT2D eigenvalue weighted by atomic mass is 16.5. The van der Waals surface area contributed by atoms with Crippen LogP contribution in [0.4, 0.5) is 0 Å². The summed E-state index contributed by atoms with van der Waals surface area (Å²) in [7, 11) is 0. The summed E-state index contributed by atoms with van der Waals surface area (Å²) < 4.78 is 16.9. The second-order valence-corrected chi connectivity index (χ2v) is 5.64. The van der Waals surface area contributed by atoms with Crippen LogP contribution in [0.15, 0.2) is 12.1 Å². The number of benzene rings is 1. The second kappa shape index (κ2) is 8.62. The molecule has 130 valence electrons. The van der Waals surface area contributed by atoms with Gasteiger partial charge in [0, 0.05) is 17.6 Å². The fraction of sp³-hybridized carbons (Fsp3) is 0.588. The van der Waals surface area contributed by atoms with Crippen LogP contribution in [0.1, 0.15) is 45.0 Å². The number of ether oxygens (including phenoxy) is 3. The Morgan fingerprint density at radius 1 is 1.04 bits per heavy atom. The molecule has 6 nitrogen and oxygen atoms in total.